The standard InChI is InChI=1S/C23H29N3O5S/c1-16-7-4-11-21(17(16)2)25-22(27)15-26(3)23(28)18-8-5-10-20(13-18)32(29,30)24-14-19-9-6-12-31-19/h4-5,7-8,10-11,13,19,24H,6,9,12,14-15H2,1-3H3,(H,25,27). The van der Waals surface area contributed by atoms with Gasteiger partial charge in [-0.25, -0.2) is 13.1 Å². The van der Waals surface area contributed by atoms with Gasteiger partial charge in [0.2, 0.25) is 15.9 Å². The molecule has 172 valence electrons. The van der Waals surface area contributed by atoms with Gasteiger partial charge < -0.3 is 15.0 Å². The van der Waals surface area contributed by atoms with Crippen LogP contribution in [0.3, 0.4) is 0 Å². The van der Waals surface area contributed by atoms with Crippen LogP contribution in [0.5, 0.6) is 0 Å². The first kappa shape index (κ1) is 23.9. The predicted molar refractivity (Wildman–Crippen MR) is 122 cm³/mol. The Morgan fingerprint density at radius 1 is 1.16 bits per heavy atom. The van der Waals surface area contributed by atoms with Gasteiger partial charge in [-0.1, -0.05) is 18.2 Å². The van der Waals surface area contributed by atoms with Gasteiger partial charge in [-0.05, 0) is 62.1 Å². The molecule has 8 nitrogen and oxygen atoms in total. The summed E-state index contributed by atoms with van der Waals surface area (Å²) in [6.07, 6.45) is 1.60. The van der Waals surface area contributed by atoms with Gasteiger partial charge in [-0.3, -0.25) is 9.59 Å². The summed E-state index contributed by atoms with van der Waals surface area (Å²) >= 11 is 0. The third-order valence-electron chi connectivity index (χ3n) is 5.52. The normalized spacial score (nSPS) is 16.0. The van der Waals surface area contributed by atoms with Gasteiger partial charge in [0, 0.05) is 31.5 Å². The van der Waals surface area contributed by atoms with E-state index in [1.54, 1.807) is 6.07 Å². The molecule has 1 aliphatic heterocycles. The molecule has 0 spiro atoms. The Labute approximate surface area is 189 Å². The van der Waals surface area contributed by atoms with Crippen molar-refractivity contribution in [1.82, 2.24) is 9.62 Å². The van der Waals surface area contributed by atoms with Crippen molar-refractivity contribution < 1.29 is 22.7 Å². The van der Waals surface area contributed by atoms with E-state index in [0.717, 1.165) is 24.0 Å². The number of ether oxygens (including phenoxy) is 1. The summed E-state index contributed by atoms with van der Waals surface area (Å²) in [6.45, 7) is 4.54. The summed E-state index contributed by atoms with van der Waals surface area (Å²) in [5.74, 6) is -0.783. The predicted octanol–water partition coefficient (Wildman–Crippen LogP) is 2.47. The van der Waals surface area contributed by atoms with Crippen LogP contribution in [0, 0.1) is 13.8 Å². The fourth-order valence-electron chi connectivity index (χ4n) is 3.47. The number of aryl methyl sites for hydroxylation is 1. The molecule has 1 atom stereocenters. The van der Waals surface area contributed by atoms with E-state index in [0.29, 0.717) is 12.3 Å². The highest BCUT2D eigenvalue weighted by Gasteiger charge is 2.22. The average Bonchev–Trinajstić information content (AvgIpc) is 3.29. The molecule has 1 unspecified atom stereocenters. The van der Waals surface area contributed by atoms with Crippen LogP contribution in [0.25, 0.3) is 0 Å². The summed E-state index contributed by atoms with van der Waals surface area (Å²) in [7, 11) is -2.28. The van der Waals surface area contributed by atoms with Gasteiger partial charge >= 0.3 is 0 Å². The molecule has 3 rings (SSSR count). The molecule has 1 fully saturated rings. The summed E-state index contributed by atoms with van der Waals surface area (Å²) in [4.78, 5) is 26.5. The zero-order chi connectivity index (χ0) is 23.3. The molecular formula is C23H29N3O5S. The Morgan fingerprint density at radius 3 is 2.62 bits per heavy atom. The second kappa shape index (κ2) is 10.2. The van der Waals surface area contributed by atoms with Crippen molar-refractivity contribution in [2.24, 2.45) is 0 Å². The molecule has 2 aromatic rings. The van der Waals surface area contributed by atoms with Crippen LogP contribution in [0.4, 0.5) is 5.69 Å². The summed E-state index contributed by atoms with van der Waals surface area (Å²) in [5.41, 5.74) is 2.90. The number of nitrogens with one attached hydrogen (secondary N) is 2. The molecule has 0 aromatic heterocycles. The van der Waals surface area contributed by atoms with E-state index >= 15 is 0 Å². The zero-order valence-corrected chi connectivity index (χ0v) is 19.4. The molecule has 1 aliphatic rings. The SMILES string of the molecule is Cc1cccc(NC(=O)CN(C)C(=O)c2cccc(S(=O)(=O)NCC3CCCO3)c2)c1C. The van der Waals surface area contributed by atoms with E-state index in [2.05, 4.69) is 10.0 Å². The third kappa shape index (κ3) is 5.93. The lowest BCUT2D eigenvalue weighted by atomic mass is 10.1. The molecule has 0 radical (unpaired) electrons. The fraction of sp³-hybridized carbons (Fsp3) is 0.391. The molecule has 2 amide bonds. The van der Waals surface area contributed by atoms with E-state index < -0.39 is 15.9 Å². The van der Waals surface area contributed by atoms with Crippen molar-refractivity contribution in [2.45, 2.75) is 37.7 Å². The monoisotopic (exact) mass is 459 g/mol. The molecule has 32 heavy (non-hydrogen) atoms. The van der Waals surface area contributed by atoms with Crippen molar-refractivity contribution in [1.29, 1.82) is 0 Å². The molecule has 0 saturated carbocycles. The van der Waals surface area contributed by atoms with Gasteiger partial charge in [0.25, 0.3) is 5.91 Å². The second-order valence-corrected chi connectivity index (χ2v) is 9.74. The summed E-state index contributed by atoms with van der Waals surface area (Å²) < 4.78 is 33.2. The molecular weight excluding hydrogens is 430 g/mol. The number of rotatable bonds is 8. The van der Waals surface area contributed by atoms with Crippen molar-refractivity contribution >= 4 is 27.5 Å². The van der Waals surface area contributed by atoms with Gasteiger partial charge in [0.05, 0.1) is 17.5 Å². The fourth-order valence-corrected chi connectivity index (χ4v) is 4.58. The first-order valence-electron chi connectivity index (χ1n) is 10.5. The number of hydrogen-bond donors (Lipinski definition) is 2. The van der Waals surface area contributed by atoms with E-state index in [1.807, 2.05) is 26.0 Å². The van der Waals surface area contributed by atoms with Crippen molar-refractivity contribution in [2.75, 3.05) is 32.1 Å². The Hall–Kier alpha value is -2.75. The quantitative estimate of drug-likeness (QED) is 0.631. The largest absolute Gasteiger partial charge is 0.377 e. The van der Waals surface area contributed by atoms with E-state index in [1.165, 1.54) is 36.2 Å². The molecule has 1 saturated heterocycles. The molecule has 9 heteroatoms. The maximum Gasteiger partial charge on any atom is 0.254 e. The minimum atomic E-state index is -3.78. The Morgan fingerprint density at radius 2 is 1.91 bits per heavy atom. The van der Waals surface area contributed by atoms with Crippen LogP contribution in [0.1, 0.15) is 34.3 Å². The highest BCUT2D eigenvalue weighted by Crippen LogP contribution is 2.18. The maximum atomic E-state index is 12.8. The van der Waals surface area contributed by atoms with Crippen LogP contribution in [-0.4, -0.2) is 58.0 Å². The van der Waals surface area contributed by atoms with Crippen LogP contribution < -0.4 is 10.0 Å². The van der Waals surface area contributed by atoms with Gasteiger partial charge in [0.1, 0.15) is 0 Å². The van der Waals surface area contributed by atoms with Crippen LogP contribution in [0.15, 0.2) is 47.4 Å². The van der Waals surface area contributed by atoms with Gasteiger partial charge in [0.15, 0.2) is 0 Å². The number of carbonyl (C=O) groups excluding carboxylic acids is 2. The lowest BCUT2D eigenvalue weighted by Crippen LogP contribution is -2.35. The second-order valence-electron chi connectivity index (χ2n) is 7.97. The van der Waals surface area contributed by atoms with Crippen LogP contribution in [0.2, 0.25) is 0 Å². The van der Waals surface area contributed by atoms with Gasteiger partial charge in [-0.2, -0.15) is 0 Å². The number of hydrogen-bond acceptors (Lipinski definition) is 5. The molecule has 2 aromatic carbocycles. The van der Waals surface area contributed by atoms with E-state index in [9.17, 15) is 18.0 Å². The highest BCUT2D eigenvalue weighted by molar-refractivity contribution is 7.89. The minimum Gasteiger partial charge on any atom is -0.377 e. The van der Waals surface area contributed by atoms with Crippen LogP contribution in [-0.2, 0) is 19.6 Å². The number of benzene rings is 2. The minimum absolute atomic E-state index is 0.00501. The topological polar surface area (TPSA) is 105 Å². The van der Waals surface area contributed by atoms with Crippen LogP contribution >= 0.6 is 0 Å². The van der Waals surface area contributed by atoms with Crippen molar-refractivity contribution in [3.05, 3.63) is 59.2 Å². The van der Waals surface area contributed by atoms with Crippen molar-refractivity contribution in [3.63, 3.8) is 0 Å². The molecule has 0 bridgehead atoms. The summed E-state index contributed by atoms with van der Waals surface area (Å²) in [5, 5.41) is 2.82. The molecule has 0 aliphatic carbocycles. The Bertz CT molecular complexity index is 1090. The number of nitrogens with zero attached hydrogens (tertiary/aromatic N) is 1. The highest BCUT2D eigenvalue weighted by atomic mass is 32.2. The average molecular weight is 460 g/mol. The smallest absolute Gasteiger partial charge is 0.254 e. The number of sulfonamides is 1. The summed E-state index contributed by atoms with van der Waals surface area (Å²) in [6, 6.07) is 11.4. The van der Waals surface area contributed by atoms with E-state index in [4.69, 9.17) is 4.74 Å². The lowest BCUT2D eigenvalue weighted by Gasteiger charge is -2.18. The Kier molecular flexibility index (Phi) is 7.65. The first-order valence-corrected chi connectivity index (χ1v) is 12.0. The third-order valence-corrected chi connectivity index (χ3v) is 6.94. The number of carbonyl (C=O) groups is 2. The zero-order valence-electron chi connectivity index (χ0n) is 18.6. The maximum absolute atomic E-state index is 12.8. The van der Waals surface area contributed by atoms with Gasteiger partial charge in [-0.15, -0.1) is 0 Å². The van der Waals surface area contributed by atoms with E-state index in [-0.39, 0.29) is 35.6 Å². The number of likely N-dealkylation sites (N-methyl/N-ethyl adjacent to an activating group) is 1. The lowest BCUT2D eigenvalue weighted by molar-refractivity contribution is -0.116. The Balaban J connectivity index is 1.63. The number of anilines is 1. The molecule has 1 heterocycles. The van der Waals surface area contributed by atoms with Crippen molar-refractivity contribution in [3.8, 4) is 0 Å². The number of amides is 2. The first-order chi connectivity index (χ1) is 15.2. The molecule has 2 N–H and O–H groups in total.